The fourth-order valence-electron chi connectivity index (χ4n) is 2.73. The highest BCUT2D eigenvalue weighted by Crippen LogP contribution is 2.24. The Balaban J connectivity index is 1.78. The van der Waals surface area contributed by atoms with Gasteiger partial charge in [0.2, 0.25) is 0 Å². The van der Waals surface area contributed by atoms with Crippen molar-refractivity contribution < 1.29 is 14.7 Å². The van der Waals surface area contributed by atoms with Gasteiger partial charge in [0.25, 0.3) is 5.91 Å². The lowest BCUT2D eigenvalue weighted by Crippen LogP contribution is -2.42. The maximum Gasteiger partial charge on any atom is 0.308 e. The average molecular weight is 368 g/mol. The summed E-state index contributed by atoms with van der Waals surface area (Å²) >= 11 is 11.9. The fourth-order valence-corrected chi connectivity index (χ4v) is 3.03. The first-order chi connectivity index (χ1) is 11.5. The summed E-state index contributed by atoms with van der Waals surface area (Å²) in [5.74, 6) is -1.64. The Morgan fingerprint density at radius 3 is 2.71 bits per heavy atom. The van der Waals surface area contributed by atoms with Crippen LogP contribution in [0.25, 0.3) is 5.69 Å². The molecule has 1 N–H and O–H groups in total. The molecule has 6 nitrogen and oxygen atoms in total. The van der Waals surface area contributed by atoms with Crippen molar-refractivity contribution in [3.63, 3.8) is 0 Å². The van der Waals surface area contributed by atoms with Gasteiger partial charge in [0, 0.05) is 19.3 Å². The monoisotopic (exact) mass is 367 g/mol. The van der Waals surface area contributed by atoms with E-state index in [0.29, 0.717) is 35.1 Å². The number of aliphatic carboxylic acids is 1. The van der Waals surface area contributed by atoms with Crippen LogP contribution in [0.4, 0.5) is 0 Å². The van der Waals surface area contributed by atoms with Crippen molar-refractivity contribution in [1.82, 2.24) is 14.7 Å². The lowest BCUT2D eigenvalue weighted by molar-refractivity contribution is -0.143. The number of amides is 1. The second-order valence-corrected chi connectivity index (χ2v) is 6.49. The fraction of sp³-hybridized carbons (Fsp3) is 0.312. The minimum Gasteiger partial charge on any atom is -0.481 e. The number of carbonyl (C=O) groups excluding carboxylic acids is 1. The normalized spacial score (nSPS) is 17.8. The van der Waals surface area contributed by atoms with Crippen LogP contribution in [0, 0.1) is 5.92 Å². The quantitative estimate of drug-likeness (QED) is 0.903. The molecule has 0 aliphatic carbocycles. The molecule has 0 radical (unpaired) electrons. The van der Waals surface area contributed by atoms with Crippen LogP contribution < -0.4 is 0 Å². The molecule has 24 heavy (non-hydrogen) atoms. The highest BCUT2D eigenvalue weighted by atomic mass is 35.5. The smallest absolute Gasteiger partial charge is 0.308 e. The third-order valence-corrected chi connectivity index (χ3v) is 4.77. The molecule has 0 bridgehead atoms. The van der Waals surface area contributed by atoms with E-state index < -0.39 is 11.9 Å². The summed E-state index contributed by atoms with van der Waals surface area (Å²) in [5.41, 5.74) is 0.956. The number of rotatable bonds is 3. The number of hydrogen-bond acceptors (Lipinski definition) is 3. The van der Waals surface area contributed by atoms with E-state index in [4.69, 9.17) is 28.3 Å². The minimum atomic E-state index is -0.867. The topological polar surface area (TPSA) is 75.4 Å². The van der Waals surface area contributed by atoms with E-state index in [1.54, 1.807) is 35.4 Å². The van der Waals surface area contributed by atoms with E-state index in [1.807, 2.05) is 0 Å². The maximum absolute atomic E-state index is 12.5. The Morgan fingerprint density at radius 2 is 2.00 bits per heavy atom. The van der Waals surface area contributed by atoms with Crippen LogP contribution in [0.15, 0.2) is 30.5 Å². The number of likely N-dealkylation sites (tertiary alicyclic amines) is 1. The molecule has 0 saturated carbocycles. The molecule has 3 rings (SSSR count). The number of hydrogen-bond donors (Lipinski definition) is 1. The summed E-state index contributed by atoms with van der Waals surface area (Å²) in [6.45, 7) is 0.760. The molecule has 0 unspecified atom stereocenters. The van der Waals surface area contributed by atoms with Crippen LogP contribution in [0.3, 0.4) is 0 Å². The molecule has 1 saturated heterocycles. The Morgan fingerprint density at radius 1 is 1.21 bits per heavy atom. The van der Waals surface area contributed by atoms with Gasteiger partial charge >= 0.3 is 5.97 Å². The summed E-state index contributed by atoms with van der Waals surface area (Å²) < 4.78 is 1.54. The largest absolute Gasteiger partial charge is 0.481 e. The molecular formula is C16H15Cl2N3O3. The van der Waals surface area contributed by atoms with Crippen LogP contribution in [-0.2, 0) is 4.79 Å². The van der Waals surface area contributed by atoms with Crippen LogP contribution in [0.2, 0.25) is 10.0 Å². The number of benzene rings is 1. The van der Waals surface area contributed by atoms with Crippen molar-refractivity contribution in [2.45, 2.75) is 12.8 Å². The summed E-state index contributed by atoms with van der Waals surface area (Å²) in [5, 5.41) is 14.2. The van der Waals surface area contributed by atoms with Gasteiger partial charge in [0.15, 0.2) is 5.69 Å². The Labute approximate surface area is 148 Å². The molecule has 1 fully saturated rings. The van der Waals surface area contributed by atoms with E-state index in [0.717, 1.165) is 0 Å². The second-order valence-electron chi connectivity index (χ2n) is 5.67. The van der Waals surface area contributed by atoms with Gasteiger partial charge in [-0.15, -0.1) is 0 Å². The van der Waals surface area contributed by atoms with Gasteiger partial charge in [-0.3, -0.25) is 9.59 Å². The van der Waals surface area contributed by atoms with Gasteiger partial charge in [-0.2, -0.15) is 5.10 Å². The van der Waals surface area contributed by atoms with Crippen molar-refractivity contribution in [1.29, 1.82) is 0 Å². The molecule has 1 aliphatic rings. The number of carbonyl (C=O) groups is 2. The molecule has 1 atom stereocenters. The summed E-state index contributed by atoms with van der Waals surface area (Å²) in [6.07, 6.45) is 2.93. The van der Waals surface area contributed by atoms with Crippen LogP contribution in [-0.4, -0.2) is 44.8 Å². The summed E-state index contributed by atoms with van der Waals surface area (Å²) in [4.78, 5) is 25.2. The van der Waals surface area contributed by atoms with Crippen LogP contribution in [0.1, 0.15) is 23.3 Å². The highest BCUT2D eigenvalue weighted by molar-refractivity contribution is 6.42. The highest BCUT2D eigenvalue weighted by Gasteiger charge is 2.29. The van der Waals surface area contributed by atoms with Gasteiger partial charge < -0.3 is 10.0 Å². The number of aromatic nitrogens is 2. The zero-order valence-corrected chi connectivity index (χ0v) is 14.2. The molecule has 2 heterocycles. The van der Waals surface area contributed by atoms with Crippen LogP contribution >= 0.6 is 23.2 Å². The van der Waals surface area contributed by atoms with Gasteiger partial charge in [-0.1, -0.05) is 23.2 Å². The standard InChI is InChI=1S/C16H15Cl2N3O3/c17-12-4-3-11(8-13(12)18)21-7-5-14(19-21)15(22)20-6-1-2-10(9-20)16(23)24/h3-5,7-8,10H,1-2,6,9H2,(H,23,24)/t10-/m0/s1. The lowest BCUT2D eigenvalue weighted by Gasteiger charge is -2.30. The SMILES string of the molecule is O=C(O)[C@H]1CCCN(C(=O)c2ccn(-c3ccc(Cl)c(Cl)c3)n2)C1. The molecule has 1 aromatic heterocycles. The number of carboxylic acid groups (broad SMARTS) is 1. The van der Waals surface area contributed by atoms with Gasteiger partial charge in [0.05, 0.1) is 21.7 Å². The second kappa shape index (κ2) is 6.83. The first-order valence-corrected chi connectivity index (χ1v) is 8.24. The predicted molar refractivity (Wildman–Crippen MR) is 89.8 cm³/mol. The molecule has 126 valence electrons. The molecule has 0 spiro atoms. The van der Waals surface area contributed by atoms with Gasteiger partial charge in [0.1, 0.15) is 0 Å². The Bertz CT molecular complexity index is 791. The van der Waals surface area contributed by atoms with Crippen molar-refractivity contribution in [3.8, 4) is 5.69 Å². The lowest BCUT2D eigenvalue weighted by atomic mass is 9.98. The minimum absolute atomic E-state index is 0.216. The van der Waals surface area contributed by atoms with Gasteiger partial charge in [-0.25, -0.2) is 4.68 Å². The molecule has 1 aromatic carbocycles. The molecule has 8 heteroatoms. The third-order valence-electron chi connectivity index (χ3n) is 4.03. The average Bonchev–Trinajstić information content (AvgIpc) is 3.06. The van der Waals surface area contributed by atoms with Crippen molar-refractivity contribution in [2.24, 2.45) is 5.92 Å². The molecule has 1 amide bonds. The van der Waals surface area contributed by atoms with E-state index in [2.05, 4.69) is 5.10 Å². The van der Waals surface area contributed by atoms with E-state index >= 15 is 0 Å². The van der Waals surface area contributed by atoms with Crippen molar-refractivity contribution >= 4 is 35.1 Å². The molecule has 2 aromatic rings. The van der Waals surface area contributed by atoms with E-state index in [-0.39, 0.29) is 18.1 Å². The van der Waals surface area contributed by atoms with Crippen molar-refractivity contribution in [3.05, 3.63) is 46.2 Å². The summed E-state index contributed by atoms with van der Waals surface area (Å²) in [7, 11) is 0. The first-order valence-electron chi connectivity index (χ1n) is 7.49. The number of piperidine rings is 1. The zero-order valence-electron chi connectivity index (χ0n) is 12.7. The molecular weight excluding hydrogens is 353 g/mol. The zero-order chi connectivity index (χ0) is 17.3. The summed E-state index contributed by atoms with van der Waals surface area (Å²) in [6, 6.07) is 6.67. The van der Waals surface area contributed by atoms with Gasteiger partial charge in [-0.05, 0) is 37.1 Å². The van der Waals surface area contributed by atoms with Crippen LogP contribution in [0.5, 0.6) is 0 Å². The predicted octanol–water partition coefficient (Wildman–Crippen LogP) is 3.12. The number of halogens is 2. The number of nitrogens with zero attached hydrogens (tertiary/aromatic N) is 3. The van der Waals surface area contributed by atoms with E-state index in [1.165, 1.54) is 4.68 Å². The Kier molecular flexibility index (Phi) is 4.78. The third kappa shape index (κ3) is 3.39. The maximum atomic E-state index is 12.5. The van der Waals surface area contributed by atoms with Crippen molar-refractivity contribution in [2.75, 3.05) is 13.1 Å². The number of carboxylic acids is 1. The first kappa shape index (κ1) is 16.8. The Hall–Kier alpha value is -2.05. The van der Waals surface area contributed by atoms with E-state index in [9.17, 15) is 9.59 Å². The molecule has 1 aliphatic heterocycles.